The third kappa shape index (κ3) is 4.51. The molecular formula is C17H23FN6O2S. The lowest BCUT2D eigenvalue weighted by molar-refractivity contribution is 0.577. The fourth-order valence-electron chi connectivity index (χ4n) is 2.88. The van der Waals surface area contributed by atoms with Crippen LogP contribution in [0.25, 0.3) is 0 Å². The number of nitrogens with one attached hydrogen (secondary N) is 1. The van der Waals surface area contributed by atoms with Crippen LogP contribution in [0.3, 0.4) is 0 Å². The lowest BCUT2D eigenvalue weighted by Gasteiger charge is -2.19. The fourth-order valence-corrected chi connectivity index (χ4v) is 4.09. The SMILES string of the molecule is Cc1cc(F)ccc1S(=O)(=O)NCc1nc(N(C)C)nc(N2CCCC2)n1. The normalized spacial score (nSPS) is 14.6. The summed E-state index contributed by atoms with van der Waals surface area (Å²) in [6.07, 6.45) is 2.16. The molecule has 0 amide bonds. The molecule has 1 saturated heterocycles. The number of sulfonamides is 1. The molecule has 1 aromatic carbocycles. The van der Waals surface area contributed by atoms with Gasteiger partial charge in [0.1, 0.15) is 5.82 Å². The number of anilines is 2. The average Bonchev–Trinajstić information content (AvgIpc) is 3.14. The van der Waals surface area contributed by atoms with Crippen LogP contribution in [0.2, 0.25) is 0 Å². The van der Waals surface area contributed by atoms with Crippen LogP contribution < -0.4 is 14.5 Å². The third-order valence-electron chi connectivity index (χ3n) is 4.29. The zero-order valence-corrected chi connectivity index (χ0v) is 16.4. The van der Waals surface area contributed by atoms with E-state index in [2.05, 4.69) is 24.6 Å². The number of hydrogen-bond donors (Lipinski definition) is 1. The highest BCUT2D eigenvalue weighted by molar-refractivity contribution is 7.89. The van der Waals surface area contributed by atoms with Gasteiger partial charge in [0, 0.05) is 27.2 Å². The van der Waals surface area contributed by atoms with Crippen molar-refractivity contribution < 1.29 is 12.8 Å². The van der Waals surface area contributed by atoms with E-state index < -0.39 is 15.8 Å². The quantitative estimate of drug-likeness (QED) is 0.793. The van der Waals surface area contributed by atoms with Crippen molar-refractivity contribution in [3.05, 3.63) is 35.4 Å². The second-order valence-electron chi connectivity index (χ2n) is 6.67. The maximum absolute atomic E-state index is 13.2. The van der Waals surface area contributed by atoms with E-state index in [9.17, 15) is 12.8 Å². The average molecular weight is 394 g/mol. The molecule has 2 heterocycles. The Morgan fingerprint density at radius 3 is 2.52 bits per heavy atom. The first-order chi connectivity index (χ1) is 12.8. The Morgan fingerprint density at radius 1 is 1.19 bits per heavy atom. The Labute approximate surface area is 158 Å². The Morgan fingerprint density at radius 2 is 1.89 bits per heavy atom. The van der Waals surface area contributed by atoms with Crippen molar-refractivity contribution in [2.45, 2.75) is 31.2 Å². The summed E-state index contributed by atoms with van der Waals surface area (Å²) < 4.78 is 40.9. The summed E-state index contributed by atoms with van der Waals surface area (Å²) in [5.74, 6) is 0.881. The summed E-state index contributed by atoms with van der Waals surface area (Å²) in [5, 5.41) is 0. The molecule has 0 aliphatic carbocycles. The van der Waals surface area contributed by atoms with E-state index in [0.29, 0.717) is 23.3 Å². The van der Waals surface area contributed by atoms with Crippen LogP contribution in [-0.4, -0.2) is 50.6 Å². The minimum absolute atomic E-state index is 0.0329. The molecule has 2 aromatic rings. The van der Waals surface area contributed by atoms with Gasteiger partial charge in [-0.3, -0.25) is 0 Å². The number of nitrogens with zero attached hydrogens (tertiary/aromatic N) is 5. The second-order valence-corrected chi connectivity index (χ2v) is 8.41. The van der Waals surface area contributed by atoms with Crippen molar-refractivity contribution in [1.82, 2.24) is 19.7 Å². The van der Waals surface area contributed by atoms with Gasteiger partial charge in [0.25, 0.3) is 0 Å². The van der Waals surface area contributed by atoms with Crippen molar-refractivity contribution >= 4 is 21.9 Å². The van der Waals surface area contributed by atoms with E-state index >= 15 is 0 Å². The molecule has 1 aliphatic rings. The molecule has 1 N–H and O–H groups in total. The number of benzene rings is 1. The van der Waals surface area contributed by atoms with Crippen LogP contribution in [0.1, 0.15) is 24.2 Å². The van der Waals surface area contributed by atoms with Crippen molar-refractivity contribution in [3.63, 3.8) is 0 Å². The van der Waals surface area contributed by atoms with Gasteiger partial charge >= 0.3 is 0 Å². The molecule has 0 unspecified atom stereocenters. The molecular weight excluding hydrogens is 371 g/mol. The van der Waals surface area contributed by atoms with Crippen molar-refractivity contribution in [1.29, 1.82) is 0 Å². The molecule has 8 nitrogen and oxygen atoms in total. The standard InChI is InChI=1S/C17H23FN6O2S/c1-12-10-13(18)6-7-14(12)27(25,26)19-11-15-20-16(23(2)3)22-17(21-15)24-8-4-5-9-24/h6-7,10,19H,4-5,8-9,11H2,1-3H3. The van der Waals surface area contributed by atoms with Crippen LogP contribution in [0.4, 0.5) is 16.3 Å². The van der Waals surface area contributed by atoms with E-state index in [-0.39, 0.29) is 11.4 Å². The van der Waals surface area contributed by atoms with Crippen LogP contribution >= 0.6 is 0 Å². The van der Waals surface area contributed by atoms with Gasteiger partial charge in [0.15, 0.2) is 5.82 Å². The third-order valence-corrected chi connectivity index (χ3v) is 5.86. The molecule has 1 aliphatic heterocycles. The monoisotopic (exact) mass is 394 g/mol. The summed E-state index contributed by atoms with van der Waals surface area (Å²) >= 11 is 0. The summed E-state index contributed by atoms with van der Waals surface area (Å²) in [6, 6.07) is 3.56. The first kappa shape index (κ1) is 19.4. The predicted molar refractivity (Wildman–Crippen MR) is 101 cm³/mol. The number of aryl methyl sites for hydroxylation is 1. The first-order valence-electron chi connectivity index (χ1n) is 8.69. The maximum atomic E-state index is 13.2. The molecule has 3 rings (SSSR count). The molecule has 10 heteroatoms. The van der Waals surface area contributed by atoms with Gasteiger partial charge < -0.3 is 9.80 Å². The van der Waals surface area contributed by atoms with Gasteiger partial charge in [-0.05, 0) is 43.5 Å². The number of halogens is 1. The highest BCUT2D eigenvalue weighted by Crippen LogP contribution is 2.19. The molecule has 27 heavy (non-hydrogen) atoms. The molecule has 1 aromatic heterocycles. The van der Waals surface area contributed by atoms with Gasteiger partial charge in [-0.25, -0.2) is 17.5 Å². The lowest BCUT2D eigenvalue weighted by atomic mass is 10.2. The smallest absolute Gasteiger partial charge is 0.241 e. The molecule has 0 atom stereocenters. The molecule has 146 valence electrons. The van der Waals surface area contributed by atoms with Gasteiger partial charge in [0.2, 0.25) is 21.9 Å². The zero-order chi connectivity index (χ0) is 19.6. The minimum atomic E-state index is -3.82. The number of rotatable bonds is 6. The minimum Gasteiger partial charge on any atom is -0.347 e. The van der Waals surface area contributed by atoms with E-state index in [1.54, 1.807) is 11.8 Å². The van der Waals surface area contributed by atoms with E-state index in [4.69, 9.17) is 0 Å². The highest BCUT2D eigenvalue weighted by atomic mass is 32.2. The largest absolute Gasteiger partial charge is 0.347 e. The van der Waals surface area contributed by atoms with Crippen molar-refractivity contribution in [3.8, 4) is 0 Å². The molecule has 0 saturated carbocycles. The van der Waals surface area contributed by atoms with Crippen LogP contribution in [0, 0.1) is 12.7 Å². The van der Waals surface area contributed by atoms with Crippen molar-refractivity contribution in [2.75, 3.05) is 37.0 Å². The number of aromatic nitrogens is 3. The summed E-state index contributed by atoms with van der Waals surface area (Å²) in [6.45, 7) is 3.22. The van der Waals surface area contributed by atoms with Crippen LogP contribution in [0.15, 0.2) is 23.1 Å². The topological polar surface area (TPSA) is 91.3 Å². The lowest BCUT2D eigenvalue weighted by Crippen LogP contribution is -2.28. The van der Waals surface area contributed by atoms with Crippen LogP contribution in [0.5, 0.6) is 0 Å². The zero-order valence-electron chi connectivity index (χ0n) is 15.6. The van der Waals surface area contributed by atoms with Gasteiger partial charge in [-0.1, -0.05) is 0 Å². The summed E-state index contributed by atoms with van der Waals surface area (Å²) in [4.78, 5) is 17.1. The summed E-state index contributed by atoms with van der Waals surface area (Å²) in [7, 11) is -0.178. The maximum Gasteiger partial charge on any atom is 0.241 e. The Bertz CT molecular complexity index is 929. The molecule has 0 bridgehead atoms. The predicted octanol–water partition coefficient (Wildman–Crippen LogP) is 1.46. The first-order valence-corrected chi connectivity index (χ1v) is 10.2. The number of hydrogen-bond acceptors (Lipinski definition) is 7. The Balaban J connectivity index is 1.84. The van der Waals surface area contributed by atoms with Crippen molar-refractivity contribution in [2.24, 2.45) is 0 Å². The molecule has 0 spiro atoms. The second kappa shape index (κ2) is 7.73. The fraction of sp³-hybridized carbons (Fsp3) is 0.471. The van der Waals surface area contributed by atoms with E-state index in [1.807, 2.05) is 14.1 Å². The molecule has 1 fully saturated rings. The Kier molecular flexibility index (Phi) is 5.56. The van der Waals surface area contributed by atoms with Gasteiger partial charge in [-0.15, -0.1) is 0 Å². The van der Waals surface area contributed by atoms with E-state index in [0.717, 1.165) is 32.0 Å². The van der Waals surface area contributed by atoms with Gasteiger partial charge in [-0.2, -0.15) is 15.0 Å². The van der Waals surface area contributed by atoms with Crippen LogP contribution in [-0.2, 0) is 16.6 Å². The van der Waals surface area contributed by atoms with E-state index in [1.165, 1.54) is 12.1 Å². The highest BCUT2D eigenvalue weighted by Gasteiger charge is 2.21. The summed E-state index contributed by atoms with van der Waals surface area (Å²) in [5.41, 5.74) is 0.338. The van der Waals surface area contributed by atoms with Gasteiger partial charge in [0.05, 0.1) is 11.4 Å². The molecule has 0 radical (unpaired) electrons. The Hall–Kier alpha value is -2.33.